The van der Waals surface area contributed by atoms with E-state index in [1.807, 2.05) is 0 Å². The summed E-state index contributed by atoms with van der Waals surface area (Å²) in [4.78, 5) is 25.3. The van der Waals surface area contributed by atoms with Crippen LogP contribution < -0.4 is 9.47 Å². The molecule has 0 unspecified atom stereocenters. The lowest BCUT2D eigenvalue weighted by Crippen LogP contribution is -2.28. The standard InChI is InChI=1S/C17H12BrNO4S/c1-4-6-19-16(20)15(24-17(19)21)9-11-8-13(22-3)14(10-12(11)18)23-7-5-2/h1-2,8-10H,6-7H2,3H3. The van der Waals surface area contributed by atoms with Gasteiger partial charge in [0.15, 0.2) is 11.5 Å². The minimum atomic E-state index is -0.415. The lowest BCUT2D eigenvalue weighted by atomic mass is 10.2. The average molecular weight is 406 g/mol. The van der Waals surface area contributed by atoms with Crippen molar-refractivity contribution < 1.29 is 19.1 Å². The van der Waals surface area contributed by atoms with Gasteiger partial charge >= 0.3 is 0 Å². The summed E-state index contributed by atoms with van der Waals surface area (Å²) in [6.45, 7) is 0.0541. The number of methoxy groups -OCH3 is 1. The number of halogens is 1. The van der Waals surface area contributed by atoms with Crippen molar-refractivity contribution in [1.82, 2.24) is 4.90 Å². The number of imide groups is 1. The van der Waals surface area contributed by atoms with Gasteiger partial charge in [0.1, 0.15) is 6.61 Å². The first kappa shape index (κ1) is 18.0. The Kier molecular flexibility index (Phi) is 5.97. The predicted octanol–water partition coefficient (Wildman–Crippen LogP) is 3.14. The molecular weight excluding hydrogens is 394 g/mol. The Morgan fingerprint density at radius 3 is 2.67 bits per heavy atom. The summed E-state index contributed by atoms with van der Waals surface area (Å²) in [5.74, 6) is 5.19. The van der Waals surface area contributed by atoms with E-state index >= 15 is 0 Å². The Bertz CT molecular complexity index is 804. The molecular formula is C17H12BrNO4S. The van der Waals surface area contributed by atoms with Gasteiger partial charge in [0.2, 0.25) is 0 Å². The zero-order valence-electron chi connectivity index (χ0n) is 12.7. The topological polar surface area (TPSA) is 55.8 Å². The van der Waals surface area contributed by atoms with Gasteiger partial charge in [-0.15, -0.1) is 12.8 Å². The van der Waals surface area contributed by atoms with E-state index in [1.165, 1.54) is 7.11 Å². The third-order valence-corrected chi connectivity index (χ3v) is 4.60. The lowest BCUT2D eigenvalue weighted by Gasteiger charge is -2.11. The van der Waals surface area contributed by atoms with Crippen LogP contribution >= 0.6 is 27.7 Å². The number of rotatable bonds is 5. The number of hydrogen-bond acceptors (Lipinski definition) is 5. The van der Waals surface area contributed by atoms with Gasteiger partial charge < -0.3 is 9.47 Å². The molecule has 1 aromatic carbocycles. The highest BCUT2D eigenvalue weighted by Gasteiger charge is 2.34. The second kappa shape index (κ2) is 7.96. The molecule has 0 atom stereocenters. The number of terminal acetylenes is 2. The van der Waals surface area contributed by atoms with Crippen LogP contribution in [0, 0.1) is 24.7 Å². The van der Waals surface area contributed by atoms with Crippen molar-refractivity contribution in [3.63, 3.8) is 0 Å². The second-order valence-electron chi connectivity index (χ2n) is 4.49. The molecule has 1 saturated heterocycles. The van der Waals surface area contributed by atoms with Crippen molar-refractivity contribution in [1.29, 1.82) is 0 Å². The number of nitrogens with zero attached hydrogens (tertiary/aromatic N) is 1. The van der Waals surface area contributed by atoms with Crippen molar-refractivity contribution in [3.05, 3.63) is 27.1 Å². The first-order valence-corrected chi connectivity index (χ1v) is 8.25. The molecule has 0 saturated carbocycles. The van der Waals surface area contributed by atoms with Crippen LogP contribution in [0.25, 0.3) is 6.08 Å². The van der Waals surface area contributed by atoms with Crippen molar-refractivity contribution >= 4 is 44.9 Å². The molecule has 7 heteroatoms. The molecule has 0 aliphatic carbocycles. The number of carbonyl (C=O) groups is 2. The first-order chi connectivity index (χ1) is 11.5. The van der Waals surface area contributed by atoms with Gasteiger partial charge in [0.25, 0.3) is 11.1 Å². The van der Waals surface area contributed by atoms with Crippen molar-refractivity contribution in [2.45, 2.75) is 0 Å². The first-order valence-electron chi connectivity index (χ1n) is 6.64. The Morgan fingerprint density at radius 1 is 1.29 bits per heavy atom. The summed E-state index contributed by atoms with van der Waals surface area (Å²) < 4.78 is 11.3. The molecule has 1 aliphatic rings. The summed E-state index contributed by atoms with van der Waals surface area (Å²) in [5, 5.41) is -0.388. The molecule has 0 aromatic heterocycles. The number of amides is 2. The largest absolute Gasteiger partial charge is 0.493 e. The molecule has 1 aliphatic heterocycles. The zero-order chi connectivity index (χ0) is 17.7. The Morgan fingerprint density at radius 2 is 2.04 bits per heavy atom. The van der Waals surface area contributed by atoms with E-state index in [0.29, 0.717) is 21.5 Å². The normalized spacial score (nSPS) is 15.3. The van der Waals surface area contributed by atoms with Gasteiger partial charge in [-0.05, 0) is 35.5 Å². The van der Waals surface area contributed by atoms with Crippen LogP contribution in [-0.2, 0) is 4.79 Å². The highest BCUT2D eigenvalue weighted by Crippen LogP contribution is 2.37. The third kappa shape index (κ3) is 3.76. The highest BCUT2D eigenvalue weighted by atomic mass is 79.9. The van der Waals surface area contributed by atoms with E-state index in [9.17, 15) is 9.59 Å². The number of carbonyl (C=O) groups excluding carboxylic acids is 2. The highest BCUT2D eigenvalue weighted by molar-refractivity contribution is 9.10. The molecule has 24 heavy (non-hydrogen) atoms. The van der Waals surface area contributed by atoms with E-state index in [1.54, 1.807) is 18.2 Å². The lowest BCUT2D eigenvalue weighted by molar-refractivity contribution is -0.122. The summed E-state index contributed by atoms with van der Waals surface area (Å²) in [6, 6.07) is 3.37. The molecule has 0 radical (unpaired) electrons. The van der Waals surface area contributed by atoms with E-state index in [4.69, 9.17) is 22.3 Å². The van der Waals surface area contributed by atoms with Crippen LogP contribution in [0.15, 0.2) is 21.5 Å². The average Bonchev–Trinajstić information content (AvgIpc) is 2.82. The maximum atomic E-state index is 12.2. The van der Waals surface area contributed by atoms with E-state index in [-0.39, 0.29) is 23.3 Å². The monoisotopic (exact) mass is 405 g/mol. The molecule has 0 bridgehead atoms. The molecule has 2 rings (SSSR count). The van der Waals surface area contributed by atoms with Crippen LogP contribution in [0.3, 0.4) is 0 Å². The number of benzene rings is 1. The smallest absolute Gasteiger partial charge is 0.294 e. The van der Waals surface area contributed by atoms with E-state index in [2.05, 4.69) is 27.8 Å². The Labute approximate surface area is 152 Å². The maximum Gasteiger partial charge on any atom is 0.294 e. The van der Waals surface area contributed by atoms with Gasteiger partial charge in [-0.2, -0.15) is 0 Å². The van der Waals surface area contributed by atoms with Crippen LogP contribution in [0.4, 0.5) is 4.79 Å². The fourth-order valence-electron chi connectivity index (χ4n) is 1.92. The molecule has 122 valence electrons. The Hall–Kier alpha value is -2.35. The zero-order valence-corrected chi connectivity index (χ0v) is 15.1. The fraction of sp³-hybridized carbons (Fsp3) is 0.176. The quantitative estimate of drug-likeness (QED) is 0.556. The minimum absolute atomic E-state index is 0.0502. The van der Waals surface area contributed by atoms with Crippen molar-refractivity contribution in [3.8, 4) is 36.2 Å². The van der Waals surface area contributed by atoms with Gasteiger partial charge in [0, 0.05) is 4.47 Å². The Balaban J connectivity index is 2.36. The van der Waals surface area contributed by atoms with E-state index < -0.39 is 5.91 Å². The van der Waals surface area contributed by atoms with Crippen molar-refractivity contribution in [2.24, 2.45) is 0 Å². The summed E-state index contributed by atoms with van der Waals surface area (Å²) >= 11 is 4.25. The van der Waals surface area contributed by atoms with E-state index in [0.717, 1.165) is 16.7 Å². The fourth-order valence-corrected chi connectivity index (χ4v) is 3.19. The van der Waals surface area contributed by atoms with Crippen LogP contribution in [-0.4, -0.2) is 36.3 Å². The molecule has 0 N–H and O–H groups in total. The van der Waals surface area contributed by atoms with Gasteiger partial charge in [0.05, 0.1) is 18.6 Å². The van der Waals surface area contributed by atoms with Crippen LogP contribution in [0.2, 0.25) is 0 Å². The van der Waals surface area contributed by atoms with Gasteiger partial charge in [-0.1, -0.05) is 27.8 Å². The molecule has 2 amide bonds. The van der Waals surface area contributed by atoms with Crippen LogP contribution in [0.1, 0.15) is 5.56 Å². The maximum absolute atomic E-state index is 12.2. The molecule has 0 spiro atoms. The van der Waals surface area contributed by atoms with Gasteiger partial charge in [-0.3, -0.25) is 14.5 Å². The van der Waals surface area contributed by atoms with Crippen LogP contribution in [0.5, 0.6) is 11.5 Å². The summed E-state index contributed by atoms with van der Waals surface area (Å²) in [5.41, 5.74) is 0.658. The molecule has 1 aromatic rings. The minimum Gasteiger partial charge on any atom is -0.493 e. The number of hydrogen-bond donors (Lipinski definition) is 0. The molecule has 1 fully saturated rings. The van der Waals surface area contributed by atoms with Gasteiger partial charge in [-0.25, -0.2) is 0 Å². The number of ether oxygens (including phenoxy) is 2. The third-order valence-electron chi connectivity index (χ3n) is 3.00. The predicted molar refractivity (Wildman–Crippen MR) is 96.5 cm³/mol. The second-order valence-corrected chi connectivity index (χ2v) is 6.34. The number of thioether (sulfide) groups is 1. The molecule has 1 heterocycles. The molecule has 5 nitrogen and oxygen atoms in total. The SMILES string of the molecule is C#CCOc1cc(Br)c(C=C2SC(=O)N(CC#C)C2=O)cc1OC. The van der Waals surface area contributed by atoms with Crippen molar-refractivity contribution in [2.75, 3.05) is 20.3 Å². The summed E-state index contributed by atoms with van der Waals surface area (Å²) in [7, 11) is 1.50. The summed E-state index contributed by atoms with van der Waals surface area (Å²) in [6.07, 6.45) is 12.0.